The van der Waals surface area contributed by atoms with Crippen molar-refractivity contribution in [1.82, 2.24) is 10.2 Å². The van der Waals surface area contributed by atoms with Gasteiger partial charge in [-0.15, -0.1) is 0 Å². The van der Waals surface area contributed by atoms with Crippen LogP contribution in [0.3, 0.4) is 0 Å². The Morgan fingerprint density at radius 1 is 1.36 bits per heavy atom. The summed E-state index contributed by atoms with van der Waals surface area (Å²) < 4.78 is 42.4. The van der Waals surface area contributed by atoms with Crippen LogP contribution < -0.4 is 5.32 Å². The second-order valence-corrected chi connectivity index (χ2v) is 6.24. The predicted octanol–water partition coefficient (Wildman–Crippen LogP) is 0.918. The molecule has 0 aromatic rings. The van der Waals surface area contributed by atoms with Crippen molar-refractivity contribution < 1.29 is 27.8 Å². The molecule has 0 aromatic heterocycles. The van der Waals surface area contributed by atoms with Gasteiger partial charge in [0.2, 0.25) is 5.91 Å². The molecule has 2 N–H and O–H groups in total. The summed E-state index contributed by atoms with van der Waals surface area (Å²) in [6, 6.07) is 0. The molecule has 0 radical (unpaired) electrons. The third-order valence-electron chi connectivity index (χ3n) is 4.29. The van der Waals surface area contributed by atoms with E-state index in [0.29, 0.717) is 45.4 Å². The molecule has 2 saturated heterocycles. The zero-order valence-corrected chi connectivity index (χ0v) is 12.5. The lowest BCUT2D eigenvalue weighted by Crippen LogP contribution is -2.50. The van der Waals surface area contributed by atoms with Crippen LogP contribution in [0, 0.1) is 5.92 Å². The number of halogens is 3. The minimum absolute atomic E-state index is 0.118. The molecule has 2 aliphatic rings. The summed E-state index contributed by atoms with van der Waals surface area (Å²) in [5, 5.41) is 13.0. The first-order valence-corrected chi connectivity index (χ1v) is 7.64. The summed E-state index contributed by atoms with van der Waals surface area (Å²) in [6.07, 6.45) is -2.17. The van der Waals surface area contributed by atoms with Crippen LogP contribution in [0.25, 0.3) is 0 Å². The Balaban J connectivity index is 1.79. The Labute approximate surface area is 127 Å². The minimum atomic E-state index is -4.24. The van der Waals surface area contributed by atoms with E-state index in [1.807, 2.05) is 0 Å². The highest BCUT2D eigenvalue weighted by Gasteiger charge is 2.35. The zero-order chi connectivity index (χ0) is 16.2. The van der Waals surface area contributed by atoms with Crippen LogP contribution >= 0.6 is 0 Å². The van der Waals surface area contributed by atoms with Crippen molar-refractivity contribution in [3.63, 3.8) is 0 Å². The topological polar surface area (TPSA) is 61.8 Å². The van der Waals surface area contributed by atoms with Crippen LogP contribution in [0.4, 0.5) is 13.2 Å². The third kappa shape index (κ3) is 5.40. The van der Waals surface area contributed by atoms with Gasteiger partial charge in [0.1, 0.15) is 0 Å². The molecule has 22 heavy (non-hydrogen) atoms. The highest BCUT2D eigenvalue weighted by molar-refractivity contribution is 5.79. The SMILES string of the molecule is O=C(NCC1(O)CCOCC1)C1CCCN(CC(F)(F)F)C1. The zero-order valence-electron chi connectivity index (χ0n) is 12.5. The first kappa shape index (κ1) is 17.5. The molecule has 128 valence electrons. The van der Waals surface area contributed by atoms with Crippen LogP contribution in [-0.4, -0.2) is 67.1 Å². The standard InChI is InChI=1S/C14H23F3N2O3/c15-14(16,17)10-19-5-1-2-11(8-19)12(20)18-9-13(21)3-6-22-7-4-13/h11,21H,1-10H2,(H,18,20). The predicted molar refractivity (Wildman–Crippen MR) is 73.2 cm³/mol. The number of ether oxygens (including phenoxy) is 1. The van der Waals surface area contributed by atoms with E-state index in [2.05, 4.69) is 5.32 Å². The van der Waals surface area contributed by atoms with Gasteiger partial charge in [-0.25, -0.2) is 0 Å². The van der Waals surface area contributed by atoms with Gasteiger partial charge < -0.3 is 15.2 Å². The maximum atomic E-state index is 12.4. The Hall–Kier alpha value is -0.860. The summed E-state index contributed by atoms with van der Waals surface area (Å²) in [5.74, 6) is -0.716. The highest BCUT2D eigenvalue weighted by atomic mass is 19.4. The Morgan fingerprint density at radius 3 is 2.68 bits per heavy atom. The van der Waals surface area contributed by atoms with Crippen LogP contribution in [0.1, 0.15) is 25.7 Å². The molecule has 2 fully saturated rings. The van der Waals surface area contributed by atoms with E-state index in [0.717, 1.165) is 0 Å². The number of amides is 1. The molecule has 0 aliphatic carbocycles. The van der Waals surface area contributed by atoms with E-state index in [-0.39, 0.29) is 19.0 Å². The van der Waals surface area contributed by atoms with Gasteiger partial charge >= 0.3 is 6.18 Å². The first-order chi connectivity index (χ1) is 10.3. The van der Waals surface area contributed by atoms with E-state index in [9.17, 15) is 23.1 Å². The highest BCUT2D eigenvalue weighted by Crippen LogP contribution is 2.23. The monoisotopic (exact) mass is 324 g/mol. The van der Waals surface area contributed by atoms with Gasteiger partial charge in [-0.05, 0) is 19.4 Å². The van der Waals surface area contributed by atoms with Crippen molar-refractivity contribution >= 4 is 5.91 Å². The van der Waals surface area contributed by atoms with Crippen molar-refractivity contribution in [2.45, 2.75) is 37.5 Å². The van der Waals surface area contributed by atoms with Gasteiger partial charge in [0.15, 0.2) is 0 Å². The summed E-state index contributed by atoms with van der Waals surface area (Å²) in [5.41, 5.74) is -0.964. The van der Waals surface area contributed by atoms with E-state index < -0.39 is 24.2 Å². The number of nitrogens with one attached hydrogen (secondary N) is 1. The van der Waals surface area contributed by atoms with Gasteiger partial charge in [-0.2, -0.15) is 13.2 Å². The molecule has 0 aromatic carbocycles. The van der Waals surface area contributed by atoms with Crippen molar-refractivity contribution in [1.29, 1.82) is 0 Å². The van der Waals surface area contributed by atoms with E-state index in [4.69, 9.17) is 4.74 Å². The number of hydrogen-bond donors (Lipinski definition) is 2. The lowest BCUT2D eigenvalue weighted by Gasteiger charge is -2.35. The fraction of sp³-hybridized carbons (Fsp3) is 0.929. The maximum Gasteiger partial charge on any atom is 0.401 e. The molecule has 1 amide bonds. The molecule has 0 spiro atoms. The van der Waals surface area contributed by atoms with Crippen molar-refractivity contribution in [2.75, 3.05) is 39.4 Å². The van der Waals surface area contributed by atoms with Gasteiger partial charge in [-0.3, -0.25) is 9.69 Å². The molecule has 1 unspecified atom stereocenters. The fourth-order valence-corrected chi connectivity index (χ4v) is 2.99. The molecule has 0 saturated carbocycles. The average Bonchev–Trinajstić information content (AvgIpc) is 2.44. The van der Waals surface area contributed by atoms with E-state index in [1.54, 1.807) is 0 Å². The Morgan fingerprint density at radius 2 is 2.05 bits per heavy atom. The first-order valence-electron chi connectivity index (χ1n) is 7.64. The minimum Gasteiger partial charge on any atom is -0.388 e. The smallest absolute Gasteiger partial charge is 0.388 e. The Bertz CT molecular complexity index is 384. The maximum absolute atomic E-state index is 12.4. The van der Waals surface area contributed by atoms with E-state index in [1.165, 1.54) is 4.90 Å². The van der Waals surface area contributed by atoms with Crippen LogP contribution in [0.5, 0.6) is 0 Å². The summed E-state index contributed by atoms with van der Waals surface area (Å²) >= 11 is 0. The van der Waals surface area contributed by atoms with Gasteiger partial charge in [0.25, 0.3) is 0 Å². The molecule has 2 aliphatic heterocycles. The normalized spacial score (nSPS) is 26.6. The number of likely N-dealkylation sites (tertiary alicyclic amines) is 1. The molecule has 2 rings (SSSR count). The number of hydrogen-bond acceptors (Lipinski definition) is 4. The molecule has 0 bridgehead atoms. The number of piperidine rings is 1. The number of carbonyl (C=O) groups excluding carboxylic acids is 1. The van der Waals surface area contributed by atoms with E-state index >= 15 is 0 Å². The second kappa shape index (κ2) is 7.14. The molecule has 1 atom stereocenters. The molecule has 5 nitrogen and oxygen atoms in total. The van der Waals surface area contributed by atoms with Crippen LogP contribution in [0.15, 0.2) is 0 Å². The van der Waals surface area contributed by atoms with Gasteiger partial charge in [0.05, 0.1) is 18.1 Å². The number of alkyl halides is 3. The van der Waals surface area contributed by atoms with Crippen molar-refractivity contribution in [3.8, 4) is 0 Å². The summed E-state index contributed by atoms with van der Waals surface area (Å²) in [4.78, 5) is 13.4. The number of nitrogens with zero attached hydrogens (tertiary/aromatic N) is 1. The molecule has 2 heterocycles. The third-order valence-corrected chi connectivity index (χ3v) is 4.29. The van der Waals surface area contributed by atoms with Crippen LogP contribution in [-0.2, 0) is 9.53 Å². The molecular weight excluding hydrogens is 301 g/mol. The Kier molecular flexibility index (Phi) is 5.68. The van der Waals surface area contributed by atoms with Crippen molar-refractivity contribution in [3.05, 3.63) is 0 Å². The largest absolute Gasteiger partial charge is 0.401 e. The lowest BCUT2D eigenvalue weighted by atomic mass is 9.93. The van der Waals surface area contributed by atoms with Crippen LogP contribution in [0.2, 0.25) is 0 Å². The quantitative estimate of drug-likeness (QED) is 0.807. The second-order valence-electron chi connectivity index (χ2n) is 6.24. The number of carbonyl (C=O) groups is 1. The van der Waals surface area contributed by atoms with Crippen molar-refractivity contribution in [2.24, 2.45) is 5.92 Å². The number of aliphatic hydroxyl groups is 1. The number of rotatable bonds is 4. The molecule has 8 heteroatoms. The molecular formula is C14H23F3N2O3. The van der Waals surface area contributed by atoms with Gasteiger partial charge in [-0.1, -0.05) is 0 Å². The average molecular weight is 324 g/mol. The van der Waals surface area contributed by atoms with Gasteiger partial charge in [0, 0.05) is 39.1 Å². The summed E-state index contributed by atoms with van der Waals surface area (Å²) in [6.45, 7) is 0.546. The summed E-state index contributed by atoms with van der Waals surface area (Å²) in [7, 11) is 0. The fourth-order valence-electron chi connectivity index (χ4n) is 2.99. The lowest BCUT2D eigenvalue weighted by molar-refractivity contribution is -0.152.